The van der Waals surface area contributed by atoms with E-state index >= 15 is 0 Å². The minimum Gasteiger partial charge on any atom is -0.197 e. The summed E-state index contributed by atoms with van der Waals surface area (Å²) in [6, 6.07) is 0. The average molecular weight is 151 g/mol. The van der Waals surface area contributed by atoms with E-state index in [1.807, 2.05) is 6.26 Å². The summed E-state index contributed by atoms with van der Waals surface area (Å²) in [7, 11) is 0. The molecule has 1 rings (SSSR count). The van der Waals surface area contributed by atoms with Crippen molar-refractivity contribution < 1.29 is 1.43 Å². The van der Waals surface area contributed by atoms with E-state index in [-0.39, 0.29) is 11.3 Å². The molecule has 5 heteroatoms. The van der Waals surface area contributed by atoms with Gasteiger partial charge in [-0.1, -0.05) is 0 Å². The van der Waals surface area contributed by atoms with E-state index in [4.69, 9.17) is 0 Å². The Balaban J connectivity index is 0. The molecule has 1 unspecified atom stereocenters. The van der Waals surface area contributed by atoms with Gasteiger partial charge in [-0.05, 0) is 6.26 Å². The summed E-state index contributed by atoms with van der Waals surface area (Å²) in [5.74, 6) is 0. The summed E-state index contributed by atoms with van der Waals surface area (Å²) in [5, 5.41) is 10.8. The molecule has 0 spiro atoms. The Labute approximate surface area is 56.7 Å². The number of nitrogens with zero attached hydrogens (tertiary/aromatic N) is 2. The molecule has 48 valence electrons. The predicted molar refractivity (Wildman–Crippen MR) is 41.4 cm³/mol. The third-order valence-corrected chi connectivity index (χ3v) is 1.22. The molecule has 0 saturated carbocycles. The molecule has 1 atom stereocenters. The van der Waals surface area contributed by atoms with E-state index in [9.17, 15) is 0 Å². The van der Waals surface area contributed by atoms with Gasteiger partial charge < -0.3 is 0 Å². The summed E-state index contributed by atoms with van der Waals surface area (Å²) >= 11 is 1.57. The van der Waals surface area contributed by atoms with Gasteiger partial charge in [0.15, 0.2) is 0 Å². The van der Waals surface area contributed by atoms with E-state index in [0.717, 1.165) is 5.03 Å². The smallest absolute Gasteiger partial charge is 0.138 e. The van der Waals surface area contributed by atoms with Crippen LogP contribution in [0.5, 0.6) is 0 Å². The number of aromatic amines is 1. The van der Waals surface area contributed by atoms with E-state index in [2.05, 4.69) is 15.4 Å². The van der Waals surface area contributed by atoms with Crippen molar-refractivity contribution in [1.29, 1.82) is 0 Å². The number of hydrogen-bond acceptors (Lipinski definition) is 3. The molecule has 0 fully saturated rings. The molecule has 0 amide bonds. The van der Waals surface area contributed by atoms with Crippen LogP contribution in [0.4, 0.5) is 0 Å². The Morgan fingerprint density at radius 1 is 1.88 bits per heavy atom. The van der Waals surface area contributed by atoms with E-state index in [1.54, 1.807) is 18.0 Å². The van der Waals surface area contributed by atoms with E-state index in [0.29, 0.717) is 0 Å². The van der Waals surface area contributed by atoms with Gasteiger partial charge in [0.2, 0.25) is 0 Å². The molecule has 1 heterocycles. The van der Waals surface area contributed by atoms with Crippen LogP contribution in [0.25, 0.3) is 0 Å². The van der Waals surface area contributed by atoms with Crippen molar-refractivity contribution in [2.24, 2.45) is 0 Å². The third-order valence-electron chi connectivity index (χ3n) is 0.602. The molecule has 0 aromatic carbocycles. The van der Waals surface area contributed by atoms with Gasteiger partial charge in [0, 0.05) is 1.43 Å². The predicted octanol–water partition coefficient (Wildman–Crippen LogP) is 0.831. The minimum atomic E-state index is 0. The maximum absolute atomic E-state index is 3.76. The molecule has 0 bridgehead atoms. The molecule has 1 aromatic heterocycles. The highest BCUT2D eigenvalue weighted by Gasteiger charge is 1.85. The first-order valence-electron chi connectivity index (χ1n) is 1.83. The van der Waals surface area contributed by atoms with Gasteiger partial charge in [-0.3, -0.25) is 0 Å². The van der Waals surface area contributed by atoms with Crippen LogP contribution in [0, 0.1) is 0 Å². The number of aromatic nitrogens is 3. The molecule has 0 radical (unpaired) electrons. The number of nitrogens with one attached hydrogen (secondary N) is 1. The van der Waals surface area contributed by atoms with Crippen LogP contribution >= 0.6 is 21.7 Å². The number of rotatable bonds is 1. The molecule has 0 saturated heterocycles. The summed E-state index contributed by atoms with van der Waals surface area (Å²) in [5.41, 5.74) is 0. The van der Waals surface area contributed by atoms with Crippen LogP contribution in [0.3, 0.4) is 0 Å². The maximum atomic E-state index is 3.76. The highest BCUT2D eigenvalue weighted by molar-refractivity contribution is 7.98. The molecule has 3 nitrogen and oxygen atoms in total. The van der Waals surface area contributed by atoms with Crippen molar-refractivity contribution in [3.8, 4) is 0 Å². The van der Waals surface area contributed by atoms with Gasteiger partial charge >= 0.3 is 0 Å². The Bertz CT molecular complexity index is 134. The summed E-state index contributed by atoms with van der Waals surface area (Å²) < 4.78 is 0. The van der Waals surface area contributed by atoms with Crippen LogP contribution in [0.2, 0.25) is 0 Å². The van der Waals surface area contributed by atoms with Crippen LogP contribution in [0.15, 0.2) is 11.2 Å². The zero-order valence-corrected chi connectivity index (χ0v) is 6.82. The molecule has 8 heavy (non-hydrogen) atoms. The van der Waals surface area contributed by atoms with Crippen molar-refractivity contribution >= 4 is 21.7 Å². The van der Waals surface area contributed by atoms with Crippen molar-refractivity contribution in [2.45, 2.75) is 5.03 Å². The standard InChI is InChI=1S/C3H5N3S.H3P.H2/c1-7-3-2-4-6-5-3;;/h2H,1H3,(H,4,5,6);1H3;1H. The SMILES string of the molecule is CSc1cn[nH]n1.P.[HH]. The monoisotopic (exact) mass is 151 g/mol. The van der Waals surface area contributed by atoms with E-state index < -0.39 is 0 Å². The molecule has 1 aromatic rings. The lowest BCUT2D eigenvalue weighted by Gasteiger charge is -1.74. The minimum absolute atomic E-state index is 0. The highest BCUT2D eigenvalue weighted by atomic mass is 32.2. The second-order valence-corrected chi connectivity index (χ2v) is 1.84. The molecule has 0 aliphatic carbocycles. The highest BCUT2D eigenvalue weighted by Crippen LogP contribution is 2.05. The zero-order chi connectivity index (χ0) is 5.11. The summed E-state index contributed by atoms with van der Waals surface area (Å²) in [6.45, 7) is 0. The first kappa shape index (κ1) is 7.92. The number of H-pyrrole nitrogens is 1. The van der Waals surface area contributed by atoms with Crippen LogP contribution in [0.1, 0.15) is 1.43 Å². The lowest BCUT2D eigenvalue weighted by molar-refractivity contribution is 0.911. The lowest BCUT2D eigenvalue weighted by atomic mass is 11.0. The number of hydrogen-bond donors (Lipinski definition) is 1. The summed E-state index contributed by atoms with van der Waals surface area (Å²) in [6.07, 6.45) is 3.64. The van der Waals surface area contributed by atoms with Crippen molar-refractivity contribution in [1.82, 2.24) is 15.4 Å². The average Bonchev–Trinajstić information content (AvgIpc) is 2.14. The molecule has 0 aliphatic rings. The zero-order valence-electron chi connectivity index (χ0n) is 4.59. The second kappa shape index (κ2) is 3.87. The Morgan fingerprint density at radius 2 is 2.62 bits per heavy atom. The van der Waals surface area contributed by atoms with Gasteiger partial charge in [-0.2, -0.15) is 20.2 Å². The number of thioether (sulfide) groups is 1. The molecule has 0 aliphatic heterocycles. The fourth-order valence-corrected chi connectivity index (χ4v) is 0.580. The Hall–Kier alpha value is -0.0800. The molecular formula is C3H10N3PS. The second-order valence-electron chi connectivity index (χ2n) is 1.01. The van der Waals surface area contributed by atoms with Gasteiger partial charge in [0.25, 0.3) is 0 Å². The van der Waals surface area contributed by atoms with Gasteiger partial charge in [-0.15, -0.1) is 16.9 Å². The normalized spacial score (nSPS) is 8.12. The van der Waals surface area contributed by atoms with Gasteiger partial charge in [0.1, 0.15) is 5.03 Å². The summed E-state index contributed by atoms with van der Waals surface area (Å²) in [4.78, 5) is 0. The quantitative estimate of drug-likeness (QED) is 0.477. The van der Waals surface area contributed by atoms with Crippen LogP contribution < -0.4 is 0 Å². The lowest BCUT2D eigenvalue weighted by Crippen LogP contribution is -1.66. The van der Waals surface area contributed by atoms with Crippen molar-refractivity contribution in [3.05, 3.63) is 6.20 Å². The maximum Gasteiger partial charge on any atom is 0.138 e. The fraction of sp³-hybridized carbons (Fsp3) is 0.333. The third kappa shape index (κ3) is 1.80. The first-order valence-corrected chi connectivity index (χ1v) is 3.05. The van der Waals surface area contributed by atoms with Crippen molar-refractivity contribution in [3.63, 3.8) is 0 Å². The fourth-order valence-electron chi connectivity index (χ4n) is 0.289. The molecular weight excluding hydrogens is 141 g/mol. The largest absolute Gasteiger partial charge is 0.197 e. The van der Waals surface area contributed by atoms with E-state index in [1.165, 1.54) is 0 Å². The van der Waals surface area contributed by atoms with Gasteiger partial charge in [0.05, 0.1) is 6.20 Å². The Kier molecular flexibility index (Phi) is 3.83. The topological polar surface area (TPSA) is 41.6 Å². The first-order chi connectivity index (χ1) is 3.43. The van der Waals surface area contributed by atoms with Crippen molar-refractivity contribution in [2.75, 3.05) is 6.26 Å². The molecule has 1 N–H and O–H groups in total. The Morgan fingerprint density at radius 3 is 2.88 bits per heavy atom. The van der Waals surface area contributed by atoms with Gasteiger partial charge in [-0.25, -0.2) is 0 Å². The van der Waals surface area contributed by atoms with Crippen LogP contribution in [-0.4, -0.2) is 21.7 Å². The van der Waals surface area contributed by atoms with Crippen LogP contribution in [-0.2, 0) is 0 Å².